The van der Waals surface area contributed by atoms with Crippen LogP contribution in [0.3, 0.4) is 0 Å². The molecule has 0 aliphatic carbocycles. The van der Waals surface area contributed by atoms with Gasteiger partial charge in [-0.2, -0.15) is 10.2 Å². The van der Waals surface area contributed by atoms with Gasteiger partial charge in [0.05, 0.1) is 17.8 Å². The number of benzene rings is 1. The number of nitrogens with zero attached hydrogens (tertiary/aromatic N) is 4. The molecule has 3 aromatic rings. The molecule has 0 bridgehead atoms. The monoisotopic (exact) mass is 361 g/mol. The maximum absolute atomic E-state index is 13.2. The average molecular weight is 362 g/mol. The summed E-state index contributed by atoms with van der Waals surface area (Å²) in [4.78, 5) is 12.5. The summed E-state index contributed by atoms with van der Waals surface area (Å²) >= 11 is 5.87. The first kappa shape index (κ1) is 17.2. The van der Waals surface area contributed by atoms with Gasteiger partial charge in [0.2, 0.25) is 0 Å². The summed E-state index contributed by atoms with van der Waals surface area (Å²) in [6.45, 7) is 3.87. The van der Waals surface area contributed by atoms with E-state index in [1.54, 1.807) is 43.1 Å². The van der Waals surface area contributed by atoms with Crippen molar-refractivity contribution >= 4 is 23.3 Å². The van der Waals surface area contributed by atoms with Crippen LogP contribution in [0.4, 0.5) is 10.2 Å². The Balaban J connectivity index is 1.69. The van der Waals surface area contributed by atoms with Gasteiger partial charge in [-0.3, -0.25) is 14.2 Å². The molecule has 0 unspecified atom stereocenters. The Labute approximate surface area is 149 Å². The highest BCUT2D eigenvalue weighted by Crippen LogP contribution is 2.19. The Morgan fingerprint density at radius 3 is 2.84 bits per heavy atom. The topological polar surface area (TPSA) is 64.7 Å². The number of carbonyl (C=O) groups is 1. The van der Waals surface area contributed by atoms with Gasteiger partial charge in [0.25, 0.3) is 5.91 Å². The van der Waals surface area contributed by atoms with Crippen LogP contribution in [0.25, 0.3) is 0 Å². The first-order chi connectivity index (χ1) is 11.8. The molecule has 0 saturated heterocycles. The van der Waals surface area contributed by atoms with Crippen LogP contribution < -0.4 is 5.32 Å². The molecule has 0 atom stereocenters. The van der Waals surface area contributed by atoms with Crippen molar-refractivity contribution in [1.82, 2.24) is 19.6 Å². The van der Waals surface area contributed by atoms with E-state index in [0.717, 1.165) is 5.56 Å². The molecule has 0 saturated carbocycles. The van der Waals surface area contributed by atoms with E-state index in [2.05, 4.69) is 15.5 Å². The molecular weight excluding hydrogens is 345 g/mol. The number of carbonyl (C=O) groups excluding carboxylic acids is 1. The summed E-state index contributed by atoms with van der Waals surface area (Å²) in [7, 11) is 0. The fourth-order valence-electron chi connectivity index (χ4n) is 2.32. The second-order valence-electron chi connectivity index (χ2n) is 6.14. The van der Waals surface area contributed by atoms with Crippen molar-refractivity contribution < 1.29 is 9.18 Å². The van der Waals surface area contributed by atoms with E-state index >= 15 is 0 Å². The lowest BCUT2D eigenvalue weighted by atomic mass is 10.1. The second kappa shape index (κ2) is 6.68. The van der Waals surface area contributed by atoms with Crippen LogP contribution in [0.2, 0.25) is 5.02 Å². The van der Waals surface area contributed by atoms with Crippen LogP contribution in [0.1, 0.15) is 19.4 Å². The fraction of sp³-hybridized carbons (Fsp3) is 0.235. The van der Waals surface area contributed by atoms with Crippen molar-refractivity contribution in [1.29, 1.82) is 0 Å². The van der Waals surface area contributed by atoms with Gasteiger partial charge in [-0.15, -0.1) is 0 Å². The van der Waals surface area contributed by atoms with E-state index in [4.69, 9.17) is 11.6 Å². The Morgan fingerprint density at radius 1 is 1.36 bits per heavy atom. The van der Waals surface area contributed by atoms with Crippen LogP contribution in [0, 0.1) is 5.82 Å². The zero-order valence-electron chi connectivity index (χ0n) is 13.8. The summed E-state index contributed by atoms with van der Waals surface area (Å²) in [5.74, 6) is -0.159. The van der Waals surface area contributed by atoms with Gasteiger partial charge < -0.3 is 5.32 Å². The summed E-state index contributed by atoms with van der Waals surface area (Å²) in [5.41, 5.74) is -0.146. The van der Waals surface area contributed by atoms with Gasteiger partial charge in [-0.05, 0) is 31.5 Å². The Morgan fingerprint density at radius 2 is 2.16 bits per heavy atom. The summed E-state index contributed by atoms with van der Waals surface area (Å²) < 4.78 is 16.4. The number of aromatic nitrogens is 4. The molecular formula is C17H17ClFN5O. The lowest BCUT2D eigenvalue weighted by molar-refractivity contribution is -0.123. The quantitative estimate of drug-likeness (QED) is 0.758. The molecule has 0 fully saturated rings. The number of halogens is 2. The molecule has 0 spiro atoms. The largest absolute Gasteiger partial charge is 0.307 e. The molecule has 0 aliphatic heterocycles. The number of amides is 1. The highest BCUT2D eigenvalue weighted by molar-refractivity contribution is 6.30. The first-order valence-electron chi connectivity index (χ1n) is 7.64. The number of hydrogen-bond acceptors (Lipinski definition) is 3. The molecule has 0 aliphatic rings. The molecule has 1 amide bonds. The molecule has 8 heteroatoms. The van der Waals surface area contributed by atoms with Crippen LogP contribution in [0.5, 0.6) is 0 Å². The zero-order valence-corrected chi connectivity index (χ0v) is 14.5. The third-order valence-electron chi connectivity index (χ3n) is 3.80. The van der Waals surface area contributed by atoms with E-state index in [1.807, 2.05) is 6.07 Å². The molecule has 3 rings (SSSR count). The lowest BCUT2D eigenvalue weighted by Crippen LogP contribution is -2.40. The van der Waals surface area contributed by atoms with Crippen molar-refractivity contribution in [2.24, 2.45) is 0 Å². The molecule has 0 radical (unpaired) electrons. The first-order valence-corrected chi connectivity index (χ1v) is 8.02. The smallest absolute Gasteiger partial charge is 0.252 e. The van der Waals surface area contributed by atoms with Gasteiger partial charge in [-0.1, -0.05) is 23.7 Å². The van der Waals surface area contributed by atoms with Gasteiger partial charge in [0.1, 0.15) is 11.4 Å². The van der Waals surface area contributed by atoms with Gasteiger partial charge in [0.15, 0.2) is 5.82 Å². The maximum atomic E-state index is 13.2. The number of anilines is 1. The van der Waals surface area contributed by atoms with Crippen LogP contribution in [0.15, 0.2) is 48.9 Å². The zero-order chi connectivity index (χ0) is 18.0. The fourth-order valence-corrected chi connectivity index (χ4v) is 2.45. The normalized spacial score (nSPS) is 11.5. The second-order valence-corrected chi connectivity index (χ2v) is 6.58. The van der Waals surface area contributed by atoms with Crippen molar-refractivity contribution in [3.63, 3.8) is 0 Å². The minimum Gasteiger partial charge on any atom is -0.307 e. The predicted molar refractivity (Wildman–Crippen MR) is 92.9 cm³/mol. The highest BCUT2D eigenvalue weighted by Gasteiger charge is 2.31. The van der Waals surface area contributed by atoms with E-state index in [0.29, 0.717) is 17.4 Å². The molecule has 6 nitrogen and oxygen atoms in total. The lowest BCUT2D eigenvalue weighted by Gasteiger charge is -2.23. The Hall–Kier alpha value is -2.67. The van der Waals surface area contributed by atoms with Crippen molar-refractivity contribution in [3.05, 3.63) is 65.3 Å². The van der Waals surface area contributed by atoms with Crippen molar-refractivity contribution in [2.45, 2.75) is 25.9 Å². The van der Waals surface area contributed by atoms with E-state index in [9.17, 15) is 9.18 Å². The molecule has 25 heavy (non-hydrogen) atoms. The molecule has 2 aromatic heterocycles. The maximum Gasteiger partial charge on any atom is 0.252 e. The van der Waals surface area contributed by atoms with Gasteiger partial charge in [-0.25, -0.2) is 4.39 Å². The standard InChI is InChI=1S/C17H17ClFN5O/c1-17(2,24-11-13(18)9-20-24)16(25)21-15-6-7-23(22-15)10-12-4-3-5-14(19)8-12/h3-9,11H,10H2,1-2H3,(H,21,22,25). The Bertz CT molecular complexity index is 902. The van der Waals surface area contributed by atoms with Crippen LogP contribution >= 0.6 is 11.6 Å². The Kier molecular flexibility index (Phi) is 4.59. The van der Waals surface area contributed by atoms with E-state index in [-0.39, 0.29) is 11.7 Å². The third-order valence-corrected chi connectivity index (χ3v) is 3.99. The molecule has 2 heterocycles. The van der Waals surface area contributed by atoms with E-state index in [1.165, 1.54) is 23.0 Å². The predicted octanol–water partition coefficient (Wildman–Crippen LogP) is 3.29. The molecule has 130 valence electrons. The van der Waals surface area contributed by atoms with Gasteiger partial charge >= 0.3 is 0 Å². The van der Waals surface area contributed by atoms with Crippen LogP contribution in [-0.4, -0.2) is 25.5 Å². The van der Waals surface area contributed by atoms with E-state index < -0.39 is 5.54 Å². The number of hydrogen-bond donors (Lipinski definition) is 1. The van der Waals surface area contributed by atoms with Crippen molar-refractivity contribution in [3.8, 4) is 0 Å². The van der Waals surface area contributed by atoms with Gasteiger partial charge in [0, 0.05) is 18.5 Å². The minimum absolute atomic E-state index is 0.275. The minimum atomic E-state index is -0.931. The third kappa shape index (κ3) is 3.88. The van der Waals surface area contributed by atoms with Crippen molar-refractivity contribution in [2.75, 3.05) is 5.32 Å². The summed E-state index contributed by atoms with van der Waals surface area (Å²) in [5, 5.41) is 11.6. The summed E-state index contributed by atoms with van der Waals surface area (Å²) in [6, 6.07) is 7.98. The summed E-state index contributed by atoms with van der Waals surface area (Å²) in [6.07, 6.45) is 4.78. The molecule has 1 aromatic carbocycles. The SMILES string of the molecule is CC(C)(C(=O)Nc1ccn(Cc2cccc(F)c2)n1)n1cc(Cl)cn1. The number of rotatable bonds is 5. The van der Waals surface area contributed by atoms with Crippen LogP contribution in [-0.2, 0) is 16.9 Å². The average Bonchev–Trinajstić information content (AvgIpc) is 3.17. The number of nitrogens with one attached hydrogen (secondary N) is 1. The molecule has 1 N–H and O–H groups in total. The highest BCUT2D eigenvalue weighted by atomic mass is 35.5.